The molecule has 2 aromatic rings. The van der Waals surface area contributed by atoms with Crippen molar-refractivity contribution < 1.29 is 0 Å². The topological polar surface area (TPSA) is 30.7 Å². The quantitative estimate of drug-likeness (QED) is 0.782. The fourth-order valence-electron chi connectivity index (χ4n) is 3.15. The molecule has 0 aliphatic heterocycles. The Morgan fingerprint density at radius 3 is 2.25 bits per heavy atom. The van der Waals surface area contributed by atoms with Crippen LogP contribution in [0.3, 0.4) is 0 Å². The van der Waals surface area contributed by atoms with E-state index in [0.717, 1.165) is 29.8 Å². The fourth-order valence-corrected chi connectivity index (χ4v) is 3.52. The van der Waals surface area contributed by atoms with Crippen LogP contribution in [-0.2, 0) is 23.7 Å². The molecule has 106 valence electrons. The zero-order valence-corrected chi connectivity index (χ0v) is 13.8. The first-order valence-corrected chi connectivity index (χ1v) is 8.20. The third kappa shape index (κ3) is 2.30. The number of rotatable bonds is 2. The molecule has 0 saturated heterocycles. The molecular weight excluding hydrogens is 314 g/mol. The summed E-state index contributed by atoms with van der Waals surface area (Å²) >= 11 is 3.53. The summed E-state index contributed by atoms with van der Waals surface area (Å²) in [6.07, 6.45) is 2.15. The summed E-state index contributed by atoms with van der Waals surface area (Å²) in [4.78, 5) is 0. The van der Waals surface area contributed by atoms with E-state index in [4.69, 9.17) is 0 Å². The predicted molar refractivity (Wildman–Crippen MR) is 84.2 cm³/mol. The Morgan fingerprint density at radius 1 is 1.15 bits per heavy atom. The maximum atomic E-state index is 4.50. The minimum Gasteiger partial charge on any atom is -0.309 e. The molecule has 0 spiro atoms. The van der Waals surface area contributed by atoms with Crippen LogP contribution in [0.2, 0.25) is 0 Å². The SMILES string of the molecule is CC(C)(C)n1c(CBr)nnc1C1Cc2ccccc2C1. The molecule has 0 saturated carbocycles. The first-order valence-electron chi connectivity index (χ1n) is 7.08. The van der Waals surface area contributed by atoms with Gasteiger partial charge in [0.25, 0.3) is 0 Å². The summed E-state index contributed by atoms with van der Waals surface area (Å²) in [6, 6.07) is 8.72. The first-order chi connectivity index (χ1) is 9.50. The van der Waals surface area contributed by atoms with Gasteiger partial charge in [-0.25, -0.2) is 0 Å². The molecule has 0 unspecified atom stereocenters. The van der Waals surface area contributed by atoms with Crippen molar-refractivity contribution in [1.82, 2.24) is 14.8 Å². The molecule has 0 radical (unpaired) electrons. The molecule has 1 aromatic carbocycles. The Balaban J connectivity index is 1.99. The Labute approximate surface area is 128 Å². The number of fused-ring (bicyclic) bond motifs is 1. The summed E-state index contributed by atoms with van der Waals surface area (Å²) in [5.74, 6) is 2.60. The van der Waals surface area contributed by atoms with Crippen molar-refractivity contribution in [3.63, 3.8) is 0 Å². The van der Waals surface area contributed by atoms with Crippen molar-refractivity contribution in [3.05, 3.63) is 47.0 Å². The van der Waals surface area contributed by atoms with Gasteiger partial charge >= 0.3 is 0 Å². The zero-order valence-electron chi connectivity index (χ0n) is 12.2. The zero-order chi connectivity index (χ0) is 14.3. The third-order valence-corrected chi connectivity index (χ3v) is 4.46. The molecule has 0 atom stereocenters. The van der Waals surface area contributed by atoms with Crippen LogP contribution in [0.25, 0.3) is 0 Å². The predicted octanol–water partition coefficient (Wildman–Crippen LogP) is 3.81. The monoisotopic (exact) mass is 333 g/mol. The molecule has 20 heavy (non-hydrogen) atoms. The standard InChI is InChI=1S/C16H20BrN3/c1-16(2,3)20-14(10-17)18-19-15(20)13-8-11-6-4-5-7-12(11)9-13/h4-7,13H,8-10H2,1-3H3. The Hall–Kier alpha value is -1.16. The van der Waals surface area contributed by atoms with Gasteiger partial charge in [0.2, 0.25) is 0 Å². The average molecular weight is 334 g/mol. The minimum absolute atomic E-state index is 0.0106. The van der Waals surface area contributed by atoms with Crippen LogP contribution in [0.4, 0.5) is 0 Å². The summed E-state index contributed by atoms with van der Waals surface area (Å²) in [5, 5.41) is 9.62. The van der Waals surface area contributed by atoms with Crippen LogP contribution in [0.1, 0.15) is 49.5 Å². The number of alkyl halides is 1. The average Bonchev–Trinajstić information content (AvgIpc) is 3.01. The molecule has 4 heteroatoms. The maximum absolute atomic E-state index is 4.50. The lowest BCUT2D eigenvalue weighted by molar-refractivity contribution is 0.364. The Morgan fingerprint density at radius 2 is 1.75 bits per heavy atom. The molecule has 1 aliphatic rings. The molecule has 0 fully saturated rings. The van der Waals surface area contributed by atoms with Gasteiger partial charge in [-0.2, -0.15) is 0 Å². The highest BCUT2D eigenvalue weighted by Crippen LogP contribution is 2.35. The first kappa shape index (κ1) is 13.8. The van der Waals surface area contributed by atoms with E-state index in [1.807, 2.05) is 0 Å². The van der Waals surface area contributed by atoms with E-state index in [1.54, 1.807) is 0 Å². The van der Waals surface area contributed by atoms with Gasteiger partial charge in [-0.3, -0.25) is 0 Å². The normalized spacial score (nSPS) is 15.6. The van der Waals surface area contributed by atoms with E-state index >= 15 is 0 Å². The number of nitrogens with zero attached hydrogens (tertiary/aromatic N) is 3. The molecule has 3 nitrogen and oxygen atoms in total. The van der Waals surface area contributed by atoms with Crippen molar-refractivity contribution in [3.8, 4) is 0 Å². The highest BCUT2D eigenvalue weighted by atomic mass is 79.9. The van der Waals surface area contributed by atoms with Gasteiger partial charge in [0, 0.05) is 11.5 Å². The largest absolute Gasteiger partial charge is 0.309 e. The molecule has 1 aromatic heterocycles. The van der Waals surface area contributed by atoms with Gasteiger partial charge in [-0.1, -0.05) is 40.2 Å². The van der Waals surface area contributed by atoms with Crippen LogP contribution in [0.5, 0.6) is 0 Å². The van der Waals surface area contributed by atoms with E-state index in [2.05, 4.69) is 75.7 Å². The molecule has 3 rings (SSSR count). The van der Waals surface area contributed by atoms with Crippen LogP contribution in [-0.4, -0.2) is 14.8 Å². The molecule has 0 bridgehead atoms. The summed E-state index contributed by atoms with van der Waals surface area (Å²) < 4.78 is 2.30. The number of hydrogen-bond donors (Lipinski definition) is 0. The Kier molecular flexibility index (Phi) is 3.44. The van der Waals surface area contributed by atoms with Gasteiger partial charge in [0.1, 0.15) is 11.6 Å². The second kappa shape index (κ2) is 4.99. The van der Waals surface area contributed by atoms with Crippen molar-refractivity contribution in [2.45, 2.75) is 50.4 Å². The highest BCUT2D eigenvalue weighted by molar-refractivity contribution is 9.08. The number of hydrogen-bond acceptors (Lipinski definition) is 2. The molecule has 0 amide bonds. The smallest absolute Gasteiger partial charge is 0.144 e. The van der Waals surface area contributed by atoms with E-state index in [-0.39, 0.29) is 5.54 Å². The lowest BCUT2D eigenvalue weighted by Crippen LogP contribution is -2.27. The lowest BCUT2D eigenvalue weighted by atomic mass is 10.0. The van der Waals surface area contributed by atoms with Gasteiger partial charge in [-0.15, -0.1) is 10.2 Å². The Bertz CT molecular complexity index is 600. The fraction of sp³-hybridized carbons (Fsp3) is 0.500. The molecular formula is C16H20BrN3. The summed E-state index contributed by atoms with van der Waals surface area (Å²) in [7, 11) is 0. The van der Waals surface area contributed by atoms with Crippen molar-refractivity contribution in [2.75, 3.05) is 0 Å². The van der Waals surface area contributed by atoms with Gasteiger partial charge in [0.05, 0.1) is 5.33 Å². The van der Waals surface area contributed by atoms with Gasteiger partial charge < -0.3 is 4.57 Å². The second-order valence-corrected chi connectivity index (χ2v) is 7.05. The number of aromatic nitrogens is 3. The van der Waals surface area contributed by atoms with Crippen molar-refractivity contribution in [1.29, 1.82) is 0 Å². The third-order valence-electron chi connectivity index (χ3n) is 3.96. The van der Waals surface area contributed by atoms with Gasteiger partial charge in [-0.05, 0) is 44.7 Å². The van der Waals surface area contributed by atoms with E-state index in [9.17, 15) is 0 Å². The maximum Gasteiger partial charge on any atom is 0.144 e. The van der Waals surface area contributed by atoms with Crippen LogP contribution >= 0.6 is 15.9 Å². The van der Waals surface area contributed by atoms with E-state index in [1.165, 1.54) is 11.1 Å². The van der Waals surface area contributed by atoms with E-state index in [0.29, 0.717) is 5.92 Å². The minimum atomic E-state index is 0.0106. The summed E-state index contributed by atoms with van der Waals surface area (Å²) in [6.45, 7) is 6.65. The van der Waals surface area contributed by atoms with Crippen LogP contribution < -0.4 is 0 Å². The lowest BCUT2D eigenvalue weighted by Gasteiger charge is -2.26. The van der Waals surface area contributed by atoms with E-state index < -0.39 is 0 Å². The molecule has 0 N–H and O–H groups in total. The second-order valence-electron chi connectivity index (χ2n) is 6.49. The highest BCUT2D eigenvalue weighted by Gasteiger charge is 2.31. The van der Waals surface area contributed by atoms with Crippen LogP contribution in [0, 0.1) is 0 Å². The molecule has 1 heterocycles. The van der Waals surface area contributed by atoms with Gasteiger partial charge in [0.15, 0.2) is 0 Å². The number of halogens is 1. The van der Waals surface area contributed by atoms with Crippen molar-refractivity contribution in [2.24, 2.45) is 0 Å². The van der Waals surface area contributed by atoms with Crippen molar-refractivity contribution >= 4 is 15.9 Å². The van der Waals surface area contributed by atoms with Crippen LogP contribution in [0.15, 0.2) is 24.3 Å². The number of benzene rings is 1. The molecule has 1 aliphatic carbocycles. The summed E-state index contributed by atoms with van der Waals surface area (Å²) in [5.41, 5.74) is 2.93.